The van der Waals surface area contributed by atoms with Crippen molar-refractivity contribution in [2.75, 3.05) is 18.8 Å². The smallest absolute Gasteiger partial charge is 0.246 e. The van der Waals surface area contributed by atoms with Crippen LogP contribution >= 0.6 is 11.6 Å². The number of benzene rings is 1. The van der Waals surface area contributed by atoms with Crippen LogP contribution in [0.5, 0.6) is 0 Å². The van der Waals surface area contributed by atoms with Crippen LogP contribution in [-0.2, 0) is 14.8 Å². The molecule has 7 heteroatoms. The molecule has 1 aromatic rings. The number of carbonyl (C=O) groups excluding carboxylic acids is 1. The van der Waals surface area contributed by atoms with Crippen LogP contribution in [0.1, 0.15) is 18.4 Å². The van der Waals surface area contributed by atoms with Crippen LogP contribution in [-0.4, -0.2) is 38.1 Å². The first-order valence-corrected chi connectivity index (χ1v) is 9.16. The molecule has 0 aromatic heterocycles. The molecule has 1 heterocycles. The van der Waals surface area contributed by atoms with Crippen molar-refractivity contribution in [1.29, 1.82) is 0 Å². The summed E-state index contributed by atoms with van der Waals surface area (Å²) in [6, 6.07) is 7.17. The Morgan fingerprint density at radius 2 is 2.05 bits per heavy atom. The zero-order chi connectivity index (χ0) is 16.2. The summed E-state index contributed by atoms with van der Waals surface area (Å²) in [5.74, 6) is -0.275. The molecule has 5 nitrogen and oxygen atoms in total. The molecule has 1 fully saturated rings. The first-order valence-electron chi connectivity index (χ1n) is 7.06. The molecule has 1 aliphatic heterocycles. The number of amides is 1. The van der Waals surface area contributed by atoms with Crippen molar-refractivity contribution >= 4 is 33.6 Å². The fourth-order valence-corrected chi connectivity index (χ4v) is 3.63. The van der Waals surface area contributed by atoms with E-state index in [1.54, 1.807) is 23.1 Å². The molecular formula is C15H19ClN2O3S. The van der Waals surface area contributed by atoms with E-state index >= 15 is 0 Å². The van der Waals surface area contributed by atoms with Crippen LogP contribution in [0.3, 0.4) is 0 Å². The zero-order valence-electron chi connectivity index (χ0n) is 12.1. The third kappa shape index (κ3) is 5.44. The van der Waals surface area contributed by atoms with Gasteiger partial charge in [0.1, 0.15) is 0 Å². The minimum atomic E-state index is -3.50. The highest BCUT2D eigenvalue weighted by Gasteiger charge is 2.25. The van der Waals surface area contributed by atoms with Gasteiger partial charge >= 0.3 is 0 Å². The second-order valence-corrected chi connectivity index (χ2v) is 7.60. The Bertz CT molecular complexity index is 656. The molecule has 0 saturated carbocycles. The number of carbonyl (C=O) groups is 1. The summed E-state index contributed by atoms with van der Waals surface area (Å²) in [7, 11) is -3.50. The average Bonchev–Trinajstić information content (AvgIpc) is 2.45. The lowest BCUT2D eigenvalue weighted by Gasteiger charge is -2.31. The van der Waals surface area contributed by atoms with Gasteiger partial charge in [0.05, 0.1) is 5.75 Å². The normalized spacial score (nSPS) is 19.5. The zero-order valence-corrected chi connectivity index (χ0v) is 13.7. The summed E-state index contributed by atoms with van der Waals surface area (Å²) in [5, 5.41) is 5.72. The SMILES string of the molecule is NS(=O)(=O)C[C@@H]1CCCN(C(=O)/C=C/c2ccc(Cl)cc2)C1. The standard InChI is InChI=1S/C15H19ClN2O3S/c16-14-6-3-12(4-7-14)5-8-15(19)18-9-1-2-13(10-18)11-22(17,20)21/h3-8,13H,1-2,9-11H2,(H2,17,20,21)/b8-5+/t13-/m1/s1. The lowest BCUT2D eigenvalue weighted by atomic mass is 10.00. The summed E-state index contributed by atoms with van der Waals surface area (Å²) in [6.45, 7) is 1.07. The predicted octanol–water partition coefficient (Wildman–Crippen LogP) is 1.88. The van der Waals surface area contributed by atoms with Gasteiger partial charge in [-0.15, -0.1) is 0 Å². The van der Waals surface area contributed by atoms with Crippen molar-refractivity contribution in [3.8, 4) is 0 Å². The Labute approximate surface area is 135 Å². The molecule has 1 aliphatic rings. The van der Waals surface area contributed by atoms with E-state index in [4.69, 9.17) is 16.7 Å². The fourth-order valence-electron chi connectivity index (χ4n) is 2.58. The maximum atomic E-state index is 12.2. The number of nitrogens with two attached hydrogens (primary N) is 1. The molecule has 0 aliphatic carbocycles. The van der Waals surface area contributed by atoms with E-state index < -0.39 is 10.0 Å². The lowest BCUT2D eigenvalue weighted by molar-refractivity contribution is -0.127. The molecule has 0 spiro atoms. The second kappa shape index (κ2) is 7.26. The topological polar surface area (TPSA) is 80.5 Å². The van der Waals surface area contributed by atoms with Crippen LogP contribution in [0.25, 0.3) is 6.08 Å². The van der Waals surface area contributed by atoms with Crippen LogP contribution < -0.4 is 5.14 Å². The third-order valence-electron chi connectivity index (χ3n) is 3.59. The summed E-state index contributed by atoms with van der Waals surface area (Å²) in [4.78, 5) is 13.9. The fraction of sp³-hybridized carbons (Fsp3) is 0.400. The van der Waals surface area contributed by atoms with Gasteiger partial charge in [0.15, 0.2) is 0 Å². The molecule has 1 amide bonds. The number of sulfonamides is 1. The molecule has 0 unspecified atom stereocenters. The minimum Gasteiger partial charge on any atom is -0.339 e. The molecule has 1 atom stereocenters. The number of halogens is 1. The first kappa shape index (κ1) is 17.0. The molecule has 0 radical (unpaired) electrons. The second-order valence-electron chi connectivity index (χ2n) is 5.51. The van der Waals surface area contributed by atoms with E-state index in [1.807, 2.05) is 12.1 Å². The highest BCUT2D eigenvalue weighted by Crippen LogP contribution is 2.18. The Morgan fingerprint density at radius 3 is 2.68 bits per heavy atom. The predicted molar refractivity (Wildman–Crippen MR) is 87.8 cm³/mol. The summed E-state index contributed by atoms with van der Waals surface area (Å²) in [5.41, 5.74) is 0.885. The van der Waals surface area contributed by atoms with E-state index in [0.29, 0.717) is 18.1 Å². The molecular weight excluding hydrogens is 324 g/mol. The summed E-state index contributed by atoms with van der Waals surface area (Å²) < 4.78 is 22.3. The Hall–Kier alpha value is -1.37. The minimum absolute atomic E-state index is 0.0717. The lowest BCUT2D eigenvalue weighted by Crippen LogP contribution is -2.41. The molecule has 120 valence electrons. The monoisotopic (exact) mass is 342 g/mol. The molecule has 1 aromatic carbocycles. The van der Waals surface area contributed by atoms with Gasteiger partial charge in [-0.05, 0) is 42.5 Å². The van der Waals surface area contributed by atoms with Crippen molar-refractivity contribution < 1.29 is 13.2 Å². The number of likely N-dealkylation sites (tertiary alicyclic amines) is 1. The average molecular weight is 343 g/mol. The third-order valence-corrected chi connectivity index (χ3v) is 4.78. The molecule has 1 saturated heterocycles. The van der Waals surface area contributed by atoms with Gasteiger partial charge in [0.2, 0.25) is 15.9 Å². The van der Waals surface area contributed by atoms with Crippen molar-refractivity contribution in [3.63, 3.8) is 0 Å². The van der Waals surface area contributed by atoms with Gasteiger partial charge < -0.3 is 4.90 Å². The van der Waals surface area contributed by atoms with Gasteiger partial charge in [-0.2, -0.15) is 0 Å². The van der Waals surface area contributed by atoms with E-state index in [9.17, 15) is 13.2 Å². The van der Waals surface area contributed by atoms with E-state index in [-0.39, 0.29) is 17.6 Å². The first-order chi connectivity index (χ1) is 10.3. The van der Waals surface area contributed by atoms with E-state index in [2.05, 4.69) is 0 Å². The number of hydrogen-bond donors (Lipinski definition) is 1. The highest BCUT2D eigenvalue weighted by molar-refractivity contribution is 7.89. The van der Waals surface area contributed by atoms with Gasteiger partial charge in [-0.25, -0.2) is 13.6 Å². The van der Waals surface area contributed by atoms with Crippen LogP contribution in [0.4, 0.5) is 0 Å². The van der Waals surface area contributed by atoms with E-state index in [0.717, 1.165) is 18.4 Å². The van der Waals surface area contributed by atoms with E-state index in [1.165, 1.54) is 6.08 Å². The van der Waals surface area contributed by atoms with Gasteiger partial charge in [-0.3, -0.25) is 4.79 Å². The van der Waals surface area contributed by atoms with Crippen LogP contribution in [0.2, 0.25) is 5.02 Å². The van der Waals surface area contributed by atoms with Crippen molar-refractivity contribution in [1.82, 2.24) is 4.90 Å². The Kier molecular flexibility index (Phi) is 5.61. The summed E-state index contributed by atoms with van der Waals surface area (Å²) in [6.07, 6.45) is 4.80. The maximum absolute atomic E-state index is 12.2. The van der Waals surface area contributed by atoms with Crippen molar-refractivity contribution in [2.45, 2.75) is 12.8 Å². The van der Waals surface area contributed by atoms with Gasteiger partial charge in [0.25, 0.3) is 0 Å². The van der Waals surface area contributed by atoms with Crippen LogP contribution in [0, 0.1) is 5.92 Å². The molecule has 2 N–H and O–H groups in total. The molecule has 22 heavy (non-hydrogen) atoms. The molecule has 0 bridgehead atoms. The Morgan fingerprint density at radius 1 is 1.36 bits per heavy atom. The number of nitrogens with zero attached hydrogens (tertiary/aromatic N) is 1. The summed E-state index contributed by atoms with van der Waals surface area (Å²) >= 11 is 5.81. The molecule has 2 rings (SSSR count). The van der Waals surface area contributed by atoms with Gasteiger partial charge in [-0.1, -0.05) is 23.7 Å². The Balaban J connectivity index is 1.95. The number of hydrogen-bond acceptors (Lipinski definition) is 3. The largest absolute Gasteiger partial charge is 0.339 e. The number of rotatable bonds is 4. The van der Waals surface area contributed by atoms with Crippen LogP contribution in [0.15, 0.2) is 30.3 Å². The van der Waals surface area contributed by atoms with Crippen molar-refractivity contribution in [3.05, 3.63) is 40.9 Å². The number of primary sulfonamides is 1. The maximum Gasteiger partial charge on any atom is 0.246 e. The van der Waals surface area contributed by atoms with Gasteiger partial charge in [0, 0.05) is 24.2 Å². The highest BCUT2D eigenvalue weighted by atomic mass is 35.5. The number of piperidine rings is 1. The quantitative estimate of drug-likeness (QED) is 0.848. The van der Waals surface area contributed by atoms with Crippen molar-refractivity contribution in [2.24, 2.45) is 11.1 Å².